The third-order valence-electron chi connectivity index (χ3n) is 5.13. The largest absolute Gasteiger partial charge is 0.306 e. The van der Waals surface area contributed by atoms with Gasteiger partial charge < -0.3 is 4.98 Å². The van der Waals surface area contributed by atoms with E-state index in [1.807, 2.05) is 12.1 Å². The summed E-state index contributed by atoms with van der Waals surface area (Å²) < 4.78 is 0. The predicted molar refractivity (Wildman–Crippen MR) is 102 cm³/mol. The Balaban J connectivity index is 1.64. The fraction of sp³-hybridized carbons (Fsp3) is 0.286. The molecule has 0 spiro atoms. The van der Waals surface area contributed by atoms with Gasteiger partial charge in [-0.15, -0.1) is 0 Å². The molecule has 4 rings (SSSR count). The maximum Gasteiger partial charge on any atom is 0.254 e. The molecule has 1 N–H and O–H groups in total. The third-order valence-corrected chi connectivity index (χ3v) is 5.13. The van der Waals surface area contributed by atoms with E-state index in [0.717, 1.165) is 36.3 Å². The number of aryl methyl sites for hydroxylation is 2. The van der Waals surface area contributed by atoms with E-state index in [2.05, 4.69) is 46.9 Å². The van der Waals surface area contributed by atoms with Gasteiger partial charge in [0.1, 0.15) is 5.82 Å². The lowest BCUT2D eigenvalue weighted by Gasteiger charge is -2.28. The molecule has 0 atom stereocenters. The summed E-state index contributed by atoms with van der Waals surface area (Å²) in [6.07, 6.45) is 4.16. The maximum absolute atomic E-state index is 12.5. The number of aromatic amines is 1. The van der Waals surface area contributed by atoms with Crippen LogP contribution in [0, 0.1) is 13.8 Å². The zero-order chi connectivity index (χ0) is 18.1. The number of benzene rings is 1. The molecule has 0 amide bonds. The summed E-state index contributed by atoms with van der Waals surface area (Å²) >= 11 is 0. The van der Waals surface area contributed by atoms with Crippen LogP contribution in [0.4, 0.5) is 0 Å². The van der Waals surface area contributed by atoms with Crippen molar-refractivity contribution in [2.45, 2.75) is 33.4 Å². The zero-order valence-electron chi connectivity index (χ0n) is 15.1. The first-order chi connectivity index (χ1) is 12.6. The highest BCUT2D eigenvalue weighted by molar-refractivity contribution is 5.54. The average Bonchev–Trinajstić information content (AvgIpc) is 2.65. The Labute approximate surface area is 152 Å². The van der Waals surface area contributed by atoms with Gasteiger partial charge >= 0.3 is 0 Å². The topological polar surface area (TPSA) is 61.9 Å². The van der Waals surface area contributed by atoms with E-state index in [-0.39, 0.29) is 5.56 Å². The van der Waals surface area contributed by atoms with Crippen LogP contribution < -0.4 is 5.56 Å². The number of pyridine rings is 1. The van der Waals surface area contributed by atoms with Gasteiger partial charge in [0.2, 0.25) is 0 Å². The quantitative estimate of drug-likeness (QED) is 0.792. The maximum atomic E-state index is 12.5. The number of hydrogen-bond acceptors (Lipinski definition) is 4. The van der Waals surface area contributed by atoms with Crippen molar-refractivity contribution in [2.24, 2.45) is 0 Å². The van der Waals surface area contributed by atoms with Gasteiger partial charge in [0.05, 0.1) is 5.69 Å². The van der Waals surface area contributed by atoms with E-state index >= 15 is 0 Å². The Morgan fingerprint density at radius 3 is 2.58 bits per heavy atom. The molecule has 0 unspecified atom stereocenters. The Hall–Kier alpha value is -2.79. The van der Waals surface area contributed by atoms with Gasteiger partial charge in [0.15, 0.2) is 0 Å². The van der Waals surface area contributed by atoms with Crippen LogP contribution in [-0.4, -0.2) is 26.4 Å². The number of fused-ring (bicyclic) bond motifs is 1. The molecule has 5 heteroatoms. The molecule has 0 saturated carbocycles. The number of aromatic nitrogens is 3. The highest BCUT2D eigenvalue weighted by atomic mass is 16.1. The second-order valence-electron chi connectivity index (χ2n) is 6.91. The molecule has 0 radical (unpaired) electrons. The summed E-state index contributed by atoms with van der Waals surface area (Å²) in [5, 5.41) is 0. The monoisotopic (exact) mass is 346 g/mol. The highest BCUT2D eigenvalue weighted by Crippen LogP contribution is 2.22. The standard InChI is InChI=1S/C21H22N4O/c1-14-4-3-5-15(2)18(14)12-25-11-8-17-19(13-25)23-20(24-21(17)26)16-6-9-22-10-7-16/h3-7,9-10H,8,11-13H2,1-2H3,(H,23,24,26). The number of nitrogens with one attached hydrogen (secondary N) is 1. The van der Waals surface area contributed by atoms with Gasteiger partial charge in [-0.25, -0.2) is 4.98 Å². The van der Waals surface area contributed by atoms with Crippen LogP contribution in [0.15, 0.2) is 47.5 Å². The first-order valence-corrected chi connectivity index (χ1v) is 8.92. The minimum absolute atomic E-state index is 0.0199. The first-order valence-electron chi connectivity index (χ1n) is 8.92. The second-order valence-corrected chi connectivity index (χ2v) is 6.91. The van der Waals surface area contributed by atoms with Crippen LogP contribution in [0.25, 0.3) is 11.4 Å². The molecule has 5 nitrogen and oxygen atoms in total. The Morgan fingerprint density at radius 1 is 1.12 bits per heavy atom. The van der Waals surface area contributed by atoms with E-state index in [1.165, 1.54) is 16.7 Å². The molecule has 132 valence electrons. The minimum Gasteiger partial charge on any atom is -0.306 e. The molecular formula is C21H22N4O. The number of rotatable bonds is 3. The van der Waals surface area contributed by atoms with Crippen molar-refractivity contribution in [3.63, 3.8) is 0 Å². The normalized spacial score (nSPS) is 14.2. The van der Waals surface area contributed by atoms with Crippen molar-refractivity contribution in [2.75, 3.05) is 6.54 Å². The highest BCUT2D eigenvalue weighted by Gasteiger charge is 2.22. The smallest absolute Gasteiger partial charge is 0.254 e. The summed E-state index contributed by atoms with van der Waals surface area (Å²) in [4.78, 5) is 26.6. The van der Waals surface area contributed by atoms with E-state index in [4.69, 9.17) is 4.98 Å². The Bertz CT molecular complexity index is 974. The van der Waals surface area contributed by atoms with Crippen LogP contribution in [0.2, 0.25) is 0 Å². The molecule has 0 saturated heterocycles. The fourth-order valence-corrected chi connectivity index (χ4v) is 3.60. The third kappa shape index (κ3) is 3.18. The summed E-state index contributed by atoms with van der Waals surface area (Å²) in [5.41, 5.74) is 6.56. The molecule has 0 aliphatic carbocycles. The zero-order valence-corrected chi connectivity index (χ0v) is 15.1. The summed E-state index contributed by atoms with van der Waals surface area (Å²) in [6, 6.07) is 10.1. The van der Waals surface area contributed by atoms with Gasteiger partial charge in [-0.2, -0.15) is 0 Å². The van der Waals surface area contributed by atoms with Gasteiger partial charge in [-0.3, -0.25) is 14.7 Å². The Morgan fingerprint density at radius 2 is 1.85 bits per heavy atom. The number of H-pyrrole nitrogens is 1. The first kappa shape index (κ1) is 16.7. The lowest BCUT2D eigenvalue weighted by Crippen LogP contribution is -2.35. The minimum atomic E-state index is -0.0199. The van der Waals surface area contributed by atoms with Crippen molar-refractivity contribution >= 4 is 0 Å². The van der Waals surface area contributed by atoms with Crippen molar-refractivity contribution < 1.29 is 0 Å². The molecule has 1 aliphatic rings. The molecule has 3 aromatic rings. The summed E-state index contributed by atoms with van der Waals surface area (Å²) in [6.45, 7) is 6.78. The molecule has 0 bridgehead atoms. The lowest BCUT2D eigenvalue weighted by atomic mass is 10.0. The van der Waals surface area contributed by atoms with Gasteiger partial charge in [0, 0.05) is 43.2 Å². The van der Waals surface area contributed by atoms with Crippen LogP contribution >= 0.6 is 0 Å². The van der Waals surface area contributed by atoms with E-state index in [1.54, 1.807) is 12.4 Å². The summed E-state index contributed by atoms with van der Waals surface area (Å²) in [5.74, 6) is 0.616. The van der Waals surface area contributed by atoms with Crippen LogP contribution in [-0.2, 0) is 19.5 Å². The lowest BCUT2D eigenvalue weighted by molar-refractivity contribution is 0.239. The molecule has 1 aromatic carbocycles. The second kappa shape index (κ2) is 6.84. The van der Waals surface area contributed by atoms with Gasteiger partial charge in [0.25, 0.3) is 5.56 Å². The average molecular weight is 346 g/mol. The van der Waals surface area contributed by atoms with Gasteiger partial charge in [-0.1, -0.05) is 18.2 Å². The van der Waals surface area contributed by atoms with Crippen molar-refractivity contribution in [3.05, 3.63) is 81.0 Å². The molecule has 1 aliphatic heterocycles. The number of hydrogen-bond donors (Lipinski definition) is 1. The van der Waals surface area contributed by atoms with Crippen LogP contribution in [0.3, 0.4) is 0 Å². The number of nitrogens with zero attached hydrogens (tertiary/aromatic N) is 3. The fourth-order valence-electron chi connectivity index (χ4n) is 3.60. The molecule has 0 fully saturated rings. The van der Waals surface area contributed by atoms with Crippen LogP contribution in [0.5, 0.6) is 0 Å². The van der Waals surface area contributed by atoms with Crippen LogP contribution in [0.1, 0.15) is 27.9 Å². The molecular weight excluding hydrogens is 324 g/mol. The van der Waals surface area contributed by atoms with E-state index in [0.29, 0.717) is 12.4 Å². The Kier molecular flexibility index (Phi) is 4.39. The van der Waals surface area contributed by atoms with Crippen molar-refractivity contribution in [3.8, 4) is 11.4 Å². The van der Waals surface area contributed by atoms with E-state index < -0.39 is 0 Å². The van der Waals surface area contributed by atoms with E-state index in [9.17, 15) is 4.79 Å². The molecule has 26 heavy (non-hydrogen) atoms. The predicted octanol–water partition coefficient (Wildman–Crippen LogP) is 3.01. The molecule has 2 aromatic heterocycles. The van der Waals surface area contributed by atoms with Gasteiger partial charge in [-0.05, 0) is 49.1 Å². The van der Waals surface area contributed by atoms with Crippen molar-refractivity contribution in [1.82, 2.24) is 19.9 Å². The van der Waals surface area contributed by atoms with Crippen molar-refractivity contribution in [1.29, 1.82) is 0 Å². The molecule has 3 heterocycles. The SMILES string of the molecule is Cc1cccc(C)c1CN1CCc2c(nc(-c3ccncc3)[nH]c2=O)C1. The summed E-state index contributed by atoms with van der Waals surface area (Å²) in [7, 11) is 0.